The second-order valence-corrected chi connectivity index (χ2v) is 5.24. The number of aryl methyl sites for hydroxylation is 1. The van der Waals surface area contributed by atoms with Crippen LogP contribution in [0.3, 0.4) is 0 Å². The van der Waals surface area contributed by atoms with Gasteiger partial charge < -0.3 is 9.73 Å². The molecule has 0 aromatic carbocycles. The number of hydrogen-bond acceptors (Lipinski definition) is 2. The molecule has 1 atom stereocenters. The average Bonchev–Trinajstić information content (AvgIpc) is 2.75. The lowest BCUT2D eigenvalue weighted by molar-refractivity contribution is -0.122. The van der Waals surface area contributed by atoms with E-state index in [1.54, 1.807) is 6.26 Å². The molecule has 1 aliphatic rings. The molecule has 94 valence electrons. The van der Waals surface area contributed by atoms with Gasteiger partial charge in [-0.3, -0.25) is 4.79 Å². The molecule has 1 aliphatic carbocycles. The predicted molar refractivity (Wildman–Crippen MR) is 66.6 cm³/mol. The van der Waals surface area contributed by atoms with Crippen LogP contribution in [0.1, 0.15) is 56.9 Å². The number of rotatable bonds is 4. The first-order chi connectivity index (χ1) is 8.16. The summed E-state index contributed by atoms with van der Waals surface area (Å²) in [4.78, 5) is 11.8. The van der Waals surface area contributed by atoms with Gasteiger partial charge in [0.1, 0.15) is 5.76 Å². The van der Waals surface area contributed by atoms with Gasteiger partial charge in [-0.1, -0.05) is 13.8 Å². The van der Waals surface area contributed by atoms with Gasteiger partial charge in [-0.2, -0.15) is 0 Å². The zero-order chi connectivity index (χ0) is 12.3. The van der Waals surface area contributed by atoms with E-state index < -0.39 is 0 Å². The van der Waals surface area contributed by atoms with Gasteiger partial charge >= 0.3 is 0 Å². The minimum atomic E-state index is 0.164. The highest BCUT2D eigenvalue weighted by atomic mass is 16.3. The third-order valence-corrected chi connectivity index (χ3v) is 3.34. The normalized spacial score (nSPS) is 19.1. The van der Waals surface area contributed by atoms with Crippen molar-refractivity contribution in [1.82, 2.24) is 5.32 Å². The van der Waals surface area contributed by atoms with Crippen molar-refractivity contribution < 1.29 is 9.21 Å². The number of carbonyl (C=O) groups excluding carboxylic acids is 1. The van der Waals surface area contributed by atoms with Gasteiger partial charge in [-0.25, -0.2) is 0 Å². The molecule has 3 nitrogen and oxygen atoms in total. The van der Waals surface area contributed by atoms with E-state index in [1.165, 1.54) is 5.56 Å². The summed E-state index contributed by atoms with van der Waals surface area (Å²) in [6.07, 6.45) is 6.43. The van der Waals surface area contributed by atoms with E-state index in [0.29, 0.717) is 12.3 Å². The molecule has 0 saturated carbocycles. The van der Waals surface area contributed by atoms with Gasteiger partial charge in [-0.05, 0) is 31.2 Å². The Morgan fingerprint density at radius 3 is 3.18 bits per heavy atom. The summed E-state index contributed by atoms with van der Waals surface area (Å²) in [7, 11) is 0. The van der Waals surface area contributed by atoms with Crippen LogP contribution < -0.4 is 5.32 Å². The SMILES string of the molecule is CC(C)CCC(=O)NC1CCCc2occc21. The van der Waals surface area contributed by atoms with Gasteiger partial charge in [-0.15, -0.1) is 0 Å². The van der Waals surface area contributed by atoms with Crippen molar-refractivity contribution in [3.8, 4) is 0 Å². The lowest BCUT2D eigenvalue weighted by atomic mass is 9.93. The molecule has 17 heavy (non-hydrogen) atoms. The third kappa shape index (κ3) is 3.11. The lowest BCUT2D eigenvalue weighted by Crippen LogP contribution is -2.30. The van der Waals surface area contributed by atoms with Crippen molar-refractivity contribution in [3.05, 3.63) is 23.7 Å². The highest BCUT2D eigenvalue weighted by Gasteiger charge is 2.23. The number of nitrogens with one attached hydrogen (secondary N) is 1. The quantitative estimate of drug-likeness (QED) is 0.870. The monoisotopic (exact) mass is 235 g/mol. The molecule has 0 bridgehead atoms. The van der Waals surface area contributed by atoms with Gasteiger partial charge in [0, 0.05) is 18.4 Å². The number of carbonyl (C=O) groups is 1. The fraction of sp³-hybridized carbons (Fsp3) is 0.643. The molecule has 0 fully saturated rings. The molecule has 3 heteroatoms. The highest BCUT2D eigenvalue weighted by molar-refractivity contribution is 5.76. The topological polar surface area (TPSA) is 42.2 Å². The van der Waals surface area contributed by atoms with Gasteiger partial charge in [0.15, 0.2) is 0 Å². The highest BCUT2D eigenvalue weighted by Crippen LogP contribution is 2.30. The Morgan fingerprint density at radius 1 is 1.59 bits per heavy atom. The second-order valence-electron chi connectivity index (χ2n) is 5.24. The van der Waals surface area contributed by atoms with E-state index in [-0.39, 0.29) is 11.9 Å². The fourth-order valence-corrected chi connectivity index (χ4v) is 2.32. The minimum absolute atomic E-state index is 0.164. The molecule has 0 radical (unpaired) electrons. The molecular weight excluding hydrogens is 214 g/mol. The van der Waals surface area contributed by atoms with Crippen molar-refractivity contribution in [1.29, 1.82) is 0 Å². The first-order valence-electron chi connectivity index (χ1n) is 6.52. The van der Waals surface area contributed by atoms with Gasteiger partial charge in [0.05, 0.1) is 12.3 Å². The number of hydrogen-bond donors (Lipinski definition) is 1. The van der Waals surface area contributed by atoms with Crippen LogP contribution in [0.4, 0.5) is 0 Å². The van der Waals surface area contributed by atoms with Crippen LogP contribution in [-0.2, 0) is 11.2 Å². The van der Waals surface area contributed by atoms with E-state index in [4.69, 9.17) is 4.42 Å². The van der Waals surface area contributed by atoms with Crippen LogP contribution in [0.2, 0.25) is 0 Å². The van der Waals surface area contributed by atoms with E-state index in [2.05, 4.69) is 19.2 Å². The summed E-state index contributed by atoms with van der Waals surface area (Å²) < 4.78 is 5.41. The smallest absolute Gasteiger partial charge is 0.220 e. The number of amides is 1. The maximum atomic E-state index is 11.8. The van der Waals surface area contributed by atoms with Crippen molar-refractivity contribution >= 4 is 5.91 Å². The van der Waals surface area contributed by atoms with Crippen LogP contribution in [0.25, 0.3) is 0 Å². The van der Waals surface area contributed by atoms with Crippen molar-refractivity contribution in [2.75, 3.05) is 0 Å². The van der Waals surface area contributed by atoms with E-state index in [0.717, 1.165) is 31.4 Å². The molecule has 0 saturated heterocycles. The molecule has 1 unspecified atom stereocenters. The van der Waals surface area contributed by atoms with Gasteiger partial charge in [0.2, 0.25) is 5.91 Å². The predicted octanol–water partition coefficient (Wildman–Crippen LogP) is 3.21. The molecule has 1 N–H and O–H groups in total. The molecule has 1 aromatic heterocycles. The Balaban J connectivity index is 1.90. The fourth-order valence-electron chi connectivity index (χ4n) is 2.32. The Labute approximate surface area is 103 Å². The van der Waals surface area contributed by atoms with Crippen molar-refractivity contribution in [2.45, 2.75) is 52.0 Å². The maximum absolute atomic E-state index is 11.8. The molecule has 1 amide bonds. The zero-order valence-electron chi connectivity index (χ0n) is 10.7. The summed E-state index contributed by atoms with van der Waals surface area (Å²) in [5.74, 6) is 1.79. The van der Waals surface area contributed by atoms with Gasteiger partial charge in [0.25, 0.3) is 0 Å². The van der Waals surface area contributed by atoms with E-state index in [1.807, 2.05) is 6.07 Å². The van der Waals surface area contributed by atoms with Crippen LogP contribution in [0.5, 0.6) is 0 Å². The second kappa shape index (κ2) is 5.39. The first-order valence-corrected chi connectivity index (χ1v) is 6.52. The first kappa shape index (κ1) is 12.2. The summed E-state index contributed by atoms with van der Waals surface area (Å²) in [6.45, 7) is 4.28. The Kier molecular flexibility index (Phi) is 3.87. The average molecular weight is 235 g/mol. The Hall–Kier alpha value is -1.25. The van der Waals surface area contributed by atoms with Crippen LogP contribution in [0, 0.1) is 5.92 Å². The molecule has 0 aliphatic heterocycles. The Morgan fingerprint density at radius 2 is 2.41 bits per heavy atom. The Bertz CT molecular complexity index is 381. The summed E-state index contributed by atoms with van der Waals surface area (Å²) in [6, 6.07) is 2.15. The summed E-state index contributed by atoms with van der Waals surface area (Å²) >= 11 is 0. The maximum Gasteiger partial charge on any atom is 0.220 e. The summed E-state index contributed by atoms with van der Waals surface area (Å²) in [5.41, 5.74) is 1.18. The largest absolute Gasteiger partial charge is 0.469 e. The van der Waals surface area contributed by atoms with Crippen LogP contribution in [-0.4, -0.2) is 5.91 Å². The standard InChI is InChI=1S/C14H21NO2/c1-10(2)6-7-14(16)15-12-4-3-5-13-11(12)8-9-17-13/h8-10,12H,3-7H2,1-2H3,(H,15,16). The van der Waals surface area contributed by atoms with Crippen molar-refractivity contribution in [2.24, 2.45) is 5.92 Å². The minimum Gasteiger partial charge on any atom is -0.469 e. The lowest BCUT2D eigenvalue weighted by Gasteiger charge is -2.22. The zero-order valence-corrected chi connectivity index (χ0v) is 10.7. The third-order valence-electron chi connectivity index (χ3n) is 3.34. The van der Waals surface area contributed by atoms with Crippen molar-refractivity contribution in [3.63, 3.8) is 0 Å². The van der Waals surface area contributed by atoms with E-state index >= 15 is 0 Å². The molecule has 1 heterocycles. The number of fused-ring (bicyclic) bond motifs is 1. The summed E-state index contributed by atoms with van der Waals surface area (Å²) in [5, 5.41) is 3.12. The molecular formula is C14H21NO2. The molecule has 1 aromatic rings. The van der Waals surface area contributed by atoms with E-state index in [9.17, 15) is 4.79 Å². The van der Waals surface area contributed by atoms with Crippen LogP contribution >= 0.6 is 0 Å². The van der Waals surface area contributed by atoms with Crippen LogP contribution in [0.15, 0.2) is 16.7 Å². The molecule has 2 rings (SSSR count). The number of furan rings is 1. The molecule has 0 spiro atoms.